The Morgan fingerprint density at radius 1 is 1.62 bits per heavy atom. The number of aryl methyl sites for hydroxylation is 1. The van der Waals surface area contributed by atoms with Crippen LogP contribution in [0.3, 0.4) is 0 Å². The molecule has 0 radical (unpaired) electrons. The predicted octanol–water partition coefficient (Wildman–Crippen LogP) is 1.28. The van der Waals surface area contributed by atoms with Crippen LogP contribution < -0.4 is 5.56 Å². The number of nitrogens with one attached hydrogen (secondary N) is 1. The predicted molar refractivity (Wildman–Crippen MR) is 50.7 cm³/mol. The second-order valence-corrected chi connectivity index (χ2v) is 3.68. The van der Waals surface area contributed by atoms with Gasteiger partial charge in [0.15, 0.2) is 0 Å². The maximum atomic E-state index is 11.2. The van der Waals surface area contributed by atoms with Crippen LogP contribution in [0.2, 0.25) is 0 Å². The zero-order chi connectivity index (χ0) is 9.26. The van der Waals surface area contributed by atoms with Crippen molar-refractivity contribution in [3.05, 3.63) is 27.9 Å². The number of hydrogen-bond donors (Lipinski definition) is 1. The Hall–Kier alpha value is -1.12. The molecule has 1 heterocycles. The van der Waals surface area contributed by atoms with Crippen LogP contribution in [0.25, 0.3) is 0 Å². The summed E-state index contributed by atoms with van der Waals surface area (Å²) in [6, 6.07) is 1.58. The largest absolute Gasteiger partial charge is 0.311 e. The van der Waals surface area contributed by atoms with Gasteiger partial charge in [0, 0.05) is 18.2 Å². The van der Waals surface area contributed by atoms with Gasteiger partial charge in [-0.05, 0) is 25.2 Å². The third-order valence-corrected chi connectivity index (χ3v) is 2.38. The number of H-pyrrole nitrogens is 1. The average molecular weight is 178 g/mol. The molecular weight excluding hydrogens is 164 g/mol. The molecule has 3 nitrogen and oxygen atoms in total. The van der Waals surface area contributed by atoms with Gasteiger partial charge >= 0.3 is 0 Å². The zero-order valence-corrected chi connectivity index (χ0v) is 7.84. The zero-order valence-electron chi connectivity index (χ0n) is 7.84. The molecule has 1 aliphatic rings. The van der Waals surface area contributed by atoms with Crippen molar-refractivity contribution in [2.24, 2.45) is 5.92 Å². The number of aromatic amines is 1. The minimum Gasteiger partial charge on any atom is -0.311 e. The summed E-state index contributed by atoms with van der Waals surface area (Å²) in [6.45, 7) is 2.02. The normalized spacial score (nSPS) is 16.1. The van der Waals surface area contributed by atoms with Gasteiger partial charge in [0.05, 0.1) is 0 Å². The molecule has 1 aromatic rings. The molecule has 0 atom stereocenters. The molecule has 0 bridgehead atoms. The Bertz CT molecular complexity index is 352. The van der Waals surface area contributed by atoms with Crippen molar-refractivity contribution in [2.45, 2.75) is 32.6 Å². The van der Waals surface area contributed by atoms with Crippen LogP contribution in [-0.2, 0) is 12.8 Å². The Kier molecular flexibility index (Phi) is 2.17. The van der Waals surface area contributed by atoms with E-state index in [1.807, 2.05) is 6.92 Å². The van der Waals surface area contributed by atoms with Crippen LogP contribution in [0.15, 0.2) is 10.9 Å². The lowest BCUT2D eigenvalue weighted by Gasteiger charge is -2.00. The third-order valence-electron chi connectivity index (χ3n) is 2.38. The summed E-state index contributed by atoms with van der Waals surface area (Å²) in [6.07, 6.45) is 4.37. The lowest BCUT2D eigenvalue weighted by atomic mass is 10.2. The maximum absolute atomic E-state index is 11.2. The van der Waals surface area contributed by atoms with Gasteiger partial charge in [-0.1, -0.05) is 6.92 Å². The Labute approximate surface area is 77.2 Å². The molecule has 1 aromatic heterocycles. The first-order valence-electron chi connectivity index (χ1n) is 4.87. The van der Waals surface area contributed by atoms with E-state index >= 15 is 0 Å². The highest BCUT2D eigenvalue weighted by atomic mass is 16.1. The molecule has 0 amide bonds. The minimum atomic E-state index is -0.0116. The van der Waals surface area contributed by atoms with Gasteiger partial charge in [0.2, 0.25) is 0 Å². The number of rotatable bonds is 3. The highest BCUT2D eigenvalue weighted by molar-refractivity contribution is 5.03. The summed E-state index contributed by atoms with van der Waals surface area (Å²) < 4.78 is 0. The fraction of sp³-hybridized carbons (Fsp3) is 0.600. The quantitative estimate of drug-likeness (QED) is 0.758. The summed E-state index contributed by atoms with van der Waals surface area (Å²) in [5.41, 5.74) is 0.891. The first kappa shape index (κ1) is 8.48. The van der Waals surface area contributed by atoms with E-state index in [0.717, 1.165) is 30.3 Å². The molecule has 2 rings (SSSR count). The highest BCUT2D eigenvalue weighted by Crippen LogP contribution is 2.31. The van der Waals surface area contributed by atoms with Crippen molar-refractivity contribution < 1.29 is 0 Å². The lowest BCUT2D eigenvalue weighted by Crippen LogP contribution is -2.12. The molecule has 0 unspecified atom stereocenters. The molecule has 70 valence electrons. The summed E-state index contributed by atoms with van der Waals surface area (Å²) in [5.74, 6) is 1.64. The van der Waals surface area contributed by atoms with Gasteiger partial charge in [-0.2, -0.15) is 0 Å². The fourth-order valence-corrected chi connectivity index (χ4v) is 1.44. The molecule has 1 saturated carbocycles. The fourth-order valence-electron chi connectivity index (χ4n) is 1.44. The van der Waals surface area contributed by atoms with Crippen LogP contribution in [0.4, 0.5) is 0 Å². The molecule has 1 fully saturated rings. The van der Waals surface area contributed by atoms with Crippen LogP contribution >= 0.6 is 0 Å². The topological polar surface area (TPSA) is 45.8 Å². The molecule has 0 aliphatic heterocycles. The van der Waals surface area contributed by atoms with Crippen molar-refractivity contribution in [3.63, 3.8) is 0 Å². The van der Waals surface area contributed by atoms with Crippen molar-refractivity contribution in [1.29, 1.82) is 0 Å². The minimum absolute atomic E-state index is 0.0116. The van der Waals surface area contributed by atoms with E-state index in [-0.39, 0.29) is 5.56 Å². The van der Waals surface area contributed by atoms with E-state index < -0.39 is 0 Å². The van der Waals surface area contributed by atoms with E-state index in [4.69, 9.17) is 0 Å². The molecule has 1 N–H and O–H groups in total. The van der Waals surface area contributed by atoms with Crippen LogP contribution in [-0.4, -0.2) is 9.97 Å². The standard InChI is InChI=1S/C10H14N2O/c1-2-8-6-10(13)12-9(11-8)5-7-3-4-7/h6-7H,2-5H2,1H3,(H,11,12,13). The van der Waals surface area contributed by atoms with Crippen molar-refractivity contribution in [1.82, 2.24) is 9.97 Å². The summed E-state index contributed by atoms with van der Waals surface area (Å²) in [5, 5.41) is 0. The maximum Gasteiger partial charge on any atom is 0.251 e. The Balaban J connectivity index is 2.22. The molecule has 3 heteroatoms. The van der Waals surface area contributed by atoms with E-state index in [2.05, 4.69) is 9.97 Å². The smallest absolute Gasteiger partial charge is 0.251 e. The van der Waals surface area contributed by atoms with E-state index in [1.54, 1.807) is 6.07 Å². The van der Waals surface area contributed by atoms with E-state index in [0.29, 0.717) is 0 Å². The van der Waals surface area contributed by atoms with Gasteiger partial charge in [-0.3, -0.25) is 4.79 Å². The van der Waals surface area contributed by atoms with Crippen LogP contribution in [0, 0.1) is 5.92 Å². The molecule has 0 aromatic carbocycles. The average Bonchev–Trinajstić information content (AvgIpc) is 2.87. The van der Waals surface area contributed by atoms with E-state index in [1.165, 1.54) is 12.8 Å². The summed E-state index contributed by atoms with van der Waals surface area (Å²) >= 11 is 0. The van der Waals surface area contributed by atoms with Crippen LogP contribution in [0.1, 0.15) is 31.3 Å². The SMILES string of the molecule is CCc1cc(=O)[nH]c(CC2CC2)n1. The Morgan fingerprint density at radius 3 is 3.00 bits per heavy atom. The van der Waals surface area contributed by atoms with Crippen LogP contribution in [0.5, 0.6) is 0 Å². The van der Waals surface area contributed by atoms with Gasteiger partial charge in [-0.25, -0.2) is 4.98 Å². The highest BCUT2D eigenvalue weighted by Gasteiger charge is 2.22. The molecule has 0 saturated heterocycles. The van der Waals surface area contributed by atoms with Gasteiger partial charge in [0.25, 0.3) is 5.56 Å². The van der Waals surface area contributed by atoms with E-state index in [9.17, 15) is 4.79 Å². The molecular formula is C10H14N2O. The summed E-state index contributed by atoms with van der Waals surface area (Å²) in [7, 11) is 0. The van der Waals surface area contributed by atoms with Gasteiger partial charge in [0.1, 0.15) is 5.82 Å². The second-order valence-electron chi connectivity index (χ2n) is 3.68. The molecule has 1 aliphatic carbocycles. The lowest BCUT2D eigenvalue weighted by molar-refractivity contribution is 0.751. The summed E-state index contributed by atoms with van der Waals surface area (Å²) in [4.78, 5) is 18.3. The molecule has 0 spiro atoms. The molecule has 13 heavy (non-hydrogen) atoms. The number of hydrogen-bond acceptors (Lipinski definition) is 2. The van der Waals surface area contributed by atoms with Crippen molar-refractivity contribution in [2.75, 3.05) is 0 Å². The first-order chi connectivity index (χ1) is 6.28. The number of aromatic nitrogens is 2. The van der Waals surface area contributed by atoms with Gasteiger partial charge < -0.3 is 4.98 Å². The third kappa shape index (κ3) is 2.17. The first-order valence-corrected chi connectivity index (χ1v) is 4.87. The van der Waals surface area contributed by atoms with Crippen molar-refractivity contribution in [3.8, 4) is 0 Å². The second kappa shape index (κ2) is 3.32. The Morgan fingerprint density at radius 2 is 2.38 bits per heavy atom. The monoisotopic (exact) mass is 178 g/mol. The number of nitrogens with zero attached hydrogens (tertiary/aromatic N) is 1. The van der Waals surface area contributed by atoms with Gasteiger partial charge in [-0.15, -0.1) is 0 Å². The van der Waals surface area contributed by atoms with Crippen molar-refractivity contribution >= 4 is 0 Å².